The van der Waals surface area contributed by atoms with Gasteiger partial charge in [0.15, 0.2) is 0 Å². The summed E-state index contributed by atoms with van der Waals surface area (Å²) in [6, 6.07) is 0. The zero-order valence-corrected chi connectivity index (χ0v) is 11.7. The van der Waals surface area contributed by atoms with Crippen molar-refractivity contribution >= 4 is 5.97 Å². The van der Waals surface area contributed by atoms with Crippen LogP contribution in [0.3, 0.4) is 0 Å². The van der Waals surface area contributed by atoms with Crippen LogP contribution < -0.4 is 0 Å². The van der Waals surface area contributed by atoms with E-state index in [4.69, 9.17) is 5.11 Å². The molecule has 0 aromatic rings. The highest BCUT2D eigenvalue weighted by Gasteiger charge is 2.14. The first kappa shape index (κ1) is 16.4. The molecule has 0 heterocycles. The topological polar surface area (TPSA) is 40.5 Å². The van der Waals surface area contributed by atoms with Crippen molar-refractivity contribution in [1.29, 1.82) is 0 Å². The van der Waals surface area contributed by atoms with E-state index in [-0.39, 0.29) is 5.92 Å². The van der Waals surface area contributed by atoms with Gasteiger partial charge in [0.05, 0.1) is 5.92 Å². The molecule has 3 nitrogen and oxygen atoms in total. The number of carboxylic acids is 1. The normalized spacial score (nSPS) is 12.9. The fourth-order valence-corrected chi connectivity index (χ4v) is 1.96. The lowest BCUT2D eigenvalue weighted by atomic mass is 10.1. The van der Waals surface area contributed by atoms with Gasteiger partial charge in [-0.25, -0.2) is 0 Å². The number of hydrogen-bond acceptors (Lipinski definition) is 2. The third-order valence-electron chi connectivity index (χ3n) is 3.23. The van der Waals surface area contributed by atoms with E-state index >= 15 is 0 Å². The van der Waals surface area contributed by atoms with Gasteiger partial charge in [-0.15, -0.1) is 0 Å². The van der Waals surface area contributed by atoms with Gasteiger partial charge >= 0.3 is 5.97 Å². The zero-order chi connectivity index (χ0) is 13.1. The Morgan fingerprint density at radius 2 is 1.71 bits per heavy atom. The van der Waals surface area contributed by atoms with Crippen LogP contribution in [0.1, 0.15) is 59.3 Å². The van der Waals surface area contributed by atoms with Crippen molar-refractivity contribution in [1.82, 2.24) is 4.90 Å². The Kier molecular flexibility index (Phi) is 10.2. The van der Waals surface area contributed by atoms with E-state index in [2.05, 4.69) is 18.7 Å². The van der Waals surface area contributed by atoms with Crippen molar-refractivity contribution in [3.05, 3.63) is 0 Å². The highest BCUT2D eigenvalue weighted by atomic mass is 16.4. The Hall–Kier alpha value is -0.570. The third-order valence-corrected chi connectivity index (χ3v) is 3.23. The number of unbranched alkanes of at least 4 members (excludes halogenated alkanes) is 5. The first-order chi connectivity index (χ1) is 8.11. The summed E-state index contributed by atoms with van der Waals surface area (Å²) in [6.45, 7) is 8.79. The molecule has 0 fully saturated rings. The minimum Gasteiger partial charge on any atom is -0.481 e. The van der Waals surface area contributed by atoms with Crippen molar-refractivity contribution in [3.63, 3.8) is 0 Å². The van der Waals surface area contributed by atoms with E-state index in [0.717, 1.165) is 13.1 Å². The molecule has 0 amide bonds. The summed E-state index contributed by atoms with van der Waals surface area (Å²) >= 11 is 0. The van der Waals surface area contributed by atoms with Gasteiger partial charge in [-0.2, -0.15) is 0 Å². The molecule has 3 heteroatoms. The Morgan fingerprint density at radius 3 is 2.24 bits per heavy atom. The molecule has 0 aliphatic carbocycles. The fourth-order valence-electron chi connectivity index (χ4n) is 1.96. The summed E-state index contributed by atoms with van der Waals surface area (Å²) in [7, 11) is 0. The van der Waals surface area contributed by atoms with Crippen molar-refractivity contribution < 1.29 is 9.90 Å². The second kappa shape index (κ2) is 10.6. The quantitative estimate of drug-likeness (QED) is 0.565. The van der Waals surface area contributed by atoms with Crippen molar-refractivity contribution in [2.75, 3.05) is 19.6 Å². The molecule has 17 heavy (non-hydrogen) atoms. The molecule has 0 aliphatic rings. The SMILES string of the molecule is CCCCCCCCN(CC)CC(C)C(=O)O. The molecular weight excluding hydrogens is 214 g/mol. The average Bonchev–Trinajstić information content (AvgIpc) is 2.31. The van der Waals surface area contributed by atoms with Gasteiger partial charge in [-0.1, -0.05) is 52.9 Å². The molecule has 0 saturated carbocycles. The van der Waals surface area contributed by atoms with Crippen LogP contribution in [0.25, 0.3) is 0 Å². The molecule has 0 aliphatic heterocycles. The second-order valence-electron chi connectivity index (χ2n) is 4.90. The van der Waals surface area contributed by atoms with E-state index in [0.29, 0.717) is 6.54 Å². The predicted octanol–water partition coefficient (Wildman–Crippen LogP) is 3.39. The number of rotatable bonds is 11. The molecule has 0 aromatic carbocycles. The van der Waals surface area contributed by atoms with Crippen LogP contribution in [0, 0.1) is 5.92 Å². The maximum atomic E-state index is 10.8. The Balaban J connectivity index is 3.57. The minimum atomic E-state index is -0.689. The molecule has 1 N–H and O–H groups in total. The molecule has 1 unspecified atom stereocenters. The van der Waals surface area contributed by atoms with E-state index in [9.17, 15) is 4.79 Å². The number of aliphatic carboxylic acids is 1. The van der Waals surface area contributed by atoms with Crippen LogP contribution in [0.4, 0.5) is 0 Å². The lowest BCUT2D eigenvalue weighted by molar-refractivity contribution is -0.141. The number of hydrogen-bond donors (Lipinski definition) is 1. The van der Waals surface area contributed by atoms with E-state index in [1.807, 2.05) is 0 Å². The van der Waals surface area contributed by atoms with Gasteiger partial charge in [-0.3, -0.25) is 4.79 Å². The van der Waals surface area contributed by atoms with Crippen LogP contribution in [-0.2, 0) is 4.79 Å². The number of carboxylic acid groups (broad SMARTS) is 1. The highest BCUT2D eigenvalue weighted by Crippen LogP contribution is 2.07. The standard InChI is InChI=1S/C14H29NO2/c1-4-6-7-8-9-10-11-15(5-2)12-13(3)14(16)17/h13H,4-12H2,1-3H3,(H,16,17). The van der Waals surface area contributed by atoms with E-state index < -0.39 is 5.97 Å². The molecule has 0 aromatic heterocycles. The largest absolute Gasteiger partial charge is 0.481 e. The van der Waals surface area contributed by atoms with Gasteiger partial charge in [-0.05, 0) is 19.5 Å². The summed E-state index contributed by atoms with van der Waals surface area (Å²) in [5.74, 6) is -0.943. The van der Waals surface area contributed by atoms with Crippen molar-refractivity contribution in [3.8, 4) is 0 Å². The molecule has 0 saturated heterocycles. The first-order valence-corrected chi connectivity index (χ1v) is 7.06. The molecule has 0 rings (SSSR count). The Labute approximate surface area is 106 Å². The van der Waals surface area contributed by atoms with Crippen LogP contribution in [0.15, 0.2) is 0 Å². The average molecular weight is 243 g/mol. The van der Waals surface area contributed by atoms with Crippen LogP contribution in [0.2, 0.25) is 0 Å². The smallest absolute Gasteiger partial charge is 0.307 e. The van der Waals surface area contributed by atoms with Crippen LogP contribution in [0.5, 0.6) is 0 Å². The number of nitrogens with zero attached hydrogens (tertiary/aromatic N) is 1. The summed E-state index contributed by atoms with van der Waals surface area (Å²) < 4.78 is 0. The molecule has 102 valence electrons. The fraction of sp³-hybridized carbons (Fsp3) is 0.929. The molecule has 0 radical (unpaired) electrons. The maximum absolute atomic E-state index is 10.8. The minimum absolute atomic E-state index is 0.255. The summed E-state index contributed by atoms with van der Waals surface area (Å²) in [5, 5.41) is 8.87. The Morgan fingerprint density at radius 1 is 1.12 bits per heavy atom. The van der Waals surface area contributed by atoms with Gasteiger partial charge in [0.1, 0.15) is 0 Å². The zero-order valence-electron chi connectivity index (χ0n) is 11.7. The van der Waals surface area contributed by atoms with Gasteiger partial charge < -0.3 is 10.0 Å². The van der Waals surface area contributed by atoms with Crippen molar-refractivity contribution in [2.45, 2.75) is 59.3 Å². The molecular formula is C14H29NO2. The van der Waals surface area contributed by atoms with E-state index in [1.54, 1.807) is 6.92 Å². The maximum Gasteiger partial charge on any atom is 0.307 e. The van der Waals surface area contributed by atoms with Crippen LogP contribution >= 0.6 is 0 Å². The molecule has 0 spiro atoms. The van der Waals surface area contributed by atoms with Crippen LogP contribution in [-0.4, -0.2) is 35.6 Å². The summed E-state index contributed by atoms with van der Waals surface area (Å²) in [6.07, 6.45) is 7.76. The third kappa shape index (κ3) is 9.16. The number of carbonyl (C=O) groups is 1. The van der Waals surface area contributed by atoms with Gasteiger partial charge in [0.2, 0.25) is 0 Å². The molecule has 0 bridgehead atoms. The lowest BCUT2D eigenvalue weighted by Gasteiger charge is -2.22. The van der Waals surface area contributed by atoms with E-state index in [1.165, 1.54) is 38.5 Å². The monoisotopic (exact) mass is 243 g/mol. The van der Waals surface area contributed by atoms with Crippen molar-refractivity contribution in [2.24, 2.45) is 5.92 Å². The van der Waals surface area contributed by atoms with Gasteiger partial charge in [0, 0.05) is 6.54 Å². The summed E-state index contributed by atoms with van der Waals surface area (Å²) in [4.78, 5) is 13.0. The lowest BCUT2D eigenvalue weighted by Crippen LogP contribution is -2.32. The predicted molar refractivity (Wildman–Crippen MR) is 72.3 cm³/mol. The van der Waals surface area contributed by atoms with Gasteiger partial charge in [0.25, 0.3) is 0 Å². The molecule has 1 atom stereocenters. The highest BCUT2D eigenvalue weighted by molar-refractivity contribution is 5.69. The summed E-state index contributed by atoms with van der Waals surface area (Å²) in [5.41, 5.74) is 0. The Bertz CT molecular complexity index is 195. The second-order valence-corrected chi connectivity index (χ2v) is 4.90. The first-order valence-electron chi connectivity index (χ1n) is 7.06.